The van der Waals surface area contributed by atoms with Gasteiger partial charge in [-0.25, -0.2) is 0 Å². The normalized spacial score (nSPS) is 13.7. The Labute approximate surface area is 62.3 Å². The van der Waals surface area contributed by atoms with Crippen LogP contribution in [0.5, 0.6) is 0 Å². The molecule has 2 nitrogen and oxygen atoms in total. The lowest BCUT2D eigenvalue weighted by molar-refractivity contribution is 0.203. The minimum atomic E-state index is -0.449. The van der Waals surface area contributed by atoms with Gasteiger partial charge < -0.3 is 5.11 Å². The molecular formula is C5H6ClNOS. The van der Waals surface area contributed by atoms with Gasteiger partial charge >= 0.3 is 0 Å². The number of aliphatic hydroxyl groups excluding tert-OH is 1. The lowest BCUT2D eigenvalue weighted by atomic mass is 10.3. The Morgan fingerprint density at radius 3 is 2.78 bits per heavy atom. The summed E-state index contributed by atoms with van der Waals surface area (Å²) in [6, 6.07) is 1.66. The first-order chi connectivity index (χ1) is 4.20. The van der Waals surface area contributed by atoms with E-state index in [1.165, 1.54) is 11.5 Å². The number of aromatic nitrogens is 1. The van der Waals surface area contributed by atoms with Gasteiger partial charge in [0.15, 0.2) is 0 Å². The fraction of sp³-hybridized carbons (Fsp3) is 0.400. The molecule has 9 heavy (non-hydrogen) atoms. The molecule has 4 heteroatoms. The van der Waals surface area contributed by atoms with Crippen molar-refractivity contribution in [1.82, 2.24) is 4.37 Å². The molecule has 0 bridgehead atoms. The summed E-state index contributed by atoms with van der Waals surface area (Å²) in [7, 11) is 0. The maximum absolute atomic E-state index is 8.95. The molecule has 0 fully saturated rings. The van der Waals surface area contributed by atoms with Gasteiger partial charge in [-0.15, -0.1) is 0 Å². The molecule has 0 amide bonds. The number of rotatable bonds is 1. The number of halogens is 1. The SMILES string of the molecule is CC(O)c1cc(Cl)ns1. The van der Waals surface area contributed by atoms with Crippen LogP contribution in [0.3, 0.4) is 0 Å². The number of hydrogen-bond acceptors (Lipinski definition) is 3. The van der Waals surface area contributed by atoms with Crippen LogP contribution in [0.15, 0.2) is 6.07 Å². The molecule has 0 saturated heterocycles. The number of nitrogens with zero attached hydrogens (tertiary/aromatic N) is 1. The zero-order chi connectivity index (χ0) is 6.85. The van der Waals surface area contributed by atoms with Gasteiger partial charge in [-0.3, -0.25) is 0 Å². The van der Waals surface area contributed by atoms with E-state index in [0.29, 0.717) is 5.15 Å². The van der Waals surface area contributed by atoms with E-state index in [9.17, 15) is 0 Å². The van der Waals surface area contributed by atoms with Crippen LogP contribution in [0, 0.1) is 0 Å². The molecule has 0 radical (unpaired) electrons. The van der Waals surface area contributed by atoms with Crippen molar-refractivity contribution < 1.29 is 5.11 Å². The van der Waals surface area contributed by atoms with E-state index >= 15 is 0 Å². The summed E-state index contributed by atoms with van der Waals surface area (Å²) < 4.78 is 3.78. The number of hydrogen-bond donors (Lipinski definition) is 1. The van der Waals surface area contributed by atoms with Crippen molar-refractivity contribution in [2.24, 2.45) is 0 Å². The van der Waals surface area contributed by atoms with E-state index in [2.05, 4.69) is 4.37 Å². The van der Waals surface area contributed by atoms with Crippen LogP contribution >= 0.6 is 23.1 Å². The van der Waals surface area contributed by atoms with Crippen LogP contribution in [0.2, 0.25) is 5.15 Å². The molecule has 1 N–H and O–H groups in total. The van der Waals surface area contributed by atoms with Crippen LogP contribution in [0.1, 0.15) is 17.9 Å². The zero-order valence-corrected chi connectivity index (χ0v) is 6.41. The van der Waals surface area contributed by atoms with Crippen LogP contribution in [0.25, 0.3) is 0 Å². The second-order valence-corrected chi connectivity index (χ2v) is 2.95. The van der Waals surface area contributed by atoms with E-state index in [1.54, 1.807) is 13.0 Å². The summed E-state index contributed by atoms with van der Waals surface area (Å²) in [6.45, 7) is 1.68. The second kappa shape index (κ2) is 2.64. The minimum Gasteiger partial charge on any atom is -0.388 e. The van der Waals surface area contributed by atoms with Gasteiger partial charge in [-0.2, -0.15) is 4.37 Å². The minimum absolute atomic E-state index is 0.449. The Morgan fingerprint density at radius 2 is 2.56 bits per heavy atom. The number of aliphatic hydroxyl groups is 1. The van der Waals surface area contributed by atoms with E-state index in [0.717, 1.165) is 4.88 Å². The van der Waals surface area contributed by atoms with E-state index in [-0.39, 0.29) is 0 Å². The van der Waals surface area contributed by atoms with Gasteiger partial charge in [-0.1, -0.05) is 11.6 Å². The fourth-order valence-corrected chi connectivity index (χ4v) is 1.31. The average Bonchev–Trinajstić information content (AvgIpc) is 2.14. The van der Waals surface area contributed by atoms with Crippen molar-refractivity contribution in [2.45, 2.75) is 13.0 Å². The summed E-state index contributed by atoms with van der Waals surface area (Å²) in [5.41, 5.74) is 0. The van der Waals surface area contributed by atoms with Gasteiger partial charge in [0.25, 0.3) is 0 Å². The lowest BCUT2D eigenvalue weighted by Gasteiger charge is -1.93. The van der Waals surface area contributed by atoms with Crippen molar-refractivity contribution >= 4 is 23.1 Å². The van der Waals surface area contributed by atoms with Crippen LogP contribution in [-0.4, -0.2) is 9.48 Å². The van der Waals surface area contributed by atoms with Crippen molar-refractivity contribution in [3.63, 3.8) is 0 Å². The zero-order valence-electron chi connectivity index (χ0n) is 4.84. The molecule has 0 saturated carbocycles. The Balaban J connectivity index is 2.85. The first kappa shape index (κ1) is 6.99. The van der Waals surface area contributed by atoms with E-state index in [1.807, 2.05) is 0 Å². The summed E-state index contributed by atoms with van der Waals surface area (Å²) in [5, 5.41) is 9.40. The first-order valence-corrected chi connectivity index (χ1v) is 3.65. The Hall–Kier alpha value is -0.120. The molecule has 1 unspecified atom stereocenters. The molecule has 0 aliphatic rings. The van der Waals surface area contributed by atoms with Gasteiger partial charge in [0.2, 0.25) is 0 Å². The van der Waals surface area contributed by atoms with E-state index < -0.39 is 6.10 Å². The topological polar surface area (TPSA) is 33.1 Å². The highest BCUT2D eigenvalue weighted by atomic mass is 35.5. The molecule has 50 valence electrons. The fourth-order valence-electron chi connectivity index (χ4n) is 0.463. The molecule has 1 aromatic heterocycles. The molecule has 1 aromatic rings. The lowest BCUT2D eigenvalue weighted by Crippen LogP contribution is -1.83. The average molecular weight is 164 g/mol. The maximum atomic E-state index is 8.95. The third-order valence-electron chi connectivity index (χ3n) is 0.911. The van der Waals surface area contributed by atoms with Gasteiger partial charge in [0.1, 0.15) is 5.15 Å². The highest BCUT2D eigenvalue weighted by Gasteiger charge is 2.03. The Kier molecular flexibility index (Phi) is 2.05. The van der Waals surface area contributed by atoms with Crippen molar-refractivity contribution in [3.05, 3.63) is 16.1 Å². The molecule has 0 aliphatic carbocycles. The van der Waals surface area contributed by atoms with Crippen LogP contribution in [0.4, 0.5) is 0 Å². The predicted molar refractivity (Wildman–Crippen MR) is 37.8 cm³/mol. The molecule has 0 aliphatic heterocycles. The molecular weight excluding hydrogens is 158 g/mol. The first-order valence-electron chi connectivity index (χ1n) is 2.50. The highest BCUT2D eigenvalue weighted by molar-refractivity contribution is 7.06. The maximum Gasteiger partial charge on any atom is 0.143 e. The summed E-state index contributed by atoms with van der Waals surface area (Å²) in [6.07, 6.45) is -0.449. The summed E-state index contributed by atoms with van der Waals surface area (Å²) >= 11 is 6.72. The molecule has 0 aromatic carbocycles. The monoisotopic (exact) mass is 163 g/mol. The Bertz CT molecular complexity index is 199. The standard InChI is InChI=1S/C5H6ClNOS/c1-3(8)4-2-5(6)7-9-4/h2-3,8H,1H3. The van der Waals surface area contributed by atoms with Crippen molar-refractivity contribution in [2.75, 3.05) is 0 Å². The highest BCUT2D eigenvalue weighted by Crippen LogP contribution is 2.20. The summed E-state index contributed by atoms with van der Waals surface area (Å²) in [5.74, 6) is 0. The van der Waals surface area contributed by atoms with Gasteiger partial charge in [-0.05, 0) is 24.5 Å². The molecule has 1 heterocycles. The summed E-state index contributed by atoms with van der Waals surface area (Å²) in [4.78, 5) is 0.806. The van der Waals surface area contributed by atoms with Gasteiger partial charge in [0, 0.05) is 0 Å². The van der Waals surface area contributed by atoms with Crippen molar-refractivity contribution in [1.29, 1.82) is 0 Å². The van der Waals surface area contributed by atoms with Gasteiger partial charge in [0.05, 0.1) is 11.0 Å². The van der Waals surface area contributed by atoms with E-state index in [4.69, 9.17) is 16.7 Å². The van der Waals surface area contributed by atoms with Crippen LogP contribution in [-0.2, 0) is 0 Å². The van der Waals surface area contributed by atoms with Crippen LogP contribution < -0.4 is 0 Å². The molecule has 1 atom stereocenters. The second-order valence-electron chi connectivity index (χ2n) is 1.73. The predicted octanol–water partition coefficient (Wildman–Crippen LogP) is 1.85. The Morgan fingerprint density at radius 1 is 1.89 bits per heavy atom. The third-order valence-corrected chi connectivity index (χ3v) is 2.16. The largest absolute Gasteiger partial charge is 0.388 e. The molecule has 0 spiro atoms. The van der Waals surface area contributed by atoms with Crippen molar-refractivity contribution in [3.8, 4) is 0 Å². The molecule has 1 rings (SSSR count). The smallest absolute Gasteiger partial charge is 0.143 e. The quantitative estimate of drug-likeness (QED) is 0.686. The third kappa shape index (κ3) is 1.64.